The third-order valence-corrected chi connectivity index (χ3v) is 4.27. The third kappa shape index (κ3) is 3.01. The quantitative estimate of drug-likeness (QED) is 0.719. The lowest BCUT2D eigenvalue weighted by Crippen LogP contribution is -2.17. The van der Waals surface area contributed by atoms with Crippen LogP contribution in [0, 0.1) is 6.92 Å². The van der Waals surface area contributed by atoms with E-state index in [1.54, 1.807) is 0 Å². The molecule has 2 heterocycles. The normalized spacial score (nSPS) is 11.2. The van der Waals surface area contributed by atoms with Crippen LogP contribution in [-0.4, -0.2) is 15.3 Å². The van der Waals surface area contributed by atoms with Crippen LogP contribution in [0.2, 0.25) is 0 Å². The lowest BCUT2D eigenvalue weighted by molar-refractivity contribution is 0.102. The van der Waals surface area contributed by atoms with Crippen LogP contribution in [0.3, 0.4) is 0 Å². The highest BCUT2D eigenvalue weighted by molar-refractivity contribution is 9.10. The molecular formula is C18H18BrN3O. The molecule has 0 unspecified atom stereocenters. The Labute approximate surface area is 143 Å². The van der Waals surface area contributed by atoms with Crippen molar-refractivity contribution in [1.29, 1.82) is 0 Å². The van der Waals surface area contributed by atoms with Crippen LogP contribution in [-0.2, 0) is 0 Å². The van der Waals surface area contributed by atoms with Gasteiger partial charge in [0.05, 0.1) is 5.69 Å². The number of aromatic nitrogens is 2. The Morgan fingerprint density at radius 1 is 1.22 bits per heavy atom. The molecule has 118 valence electrons. The van der Waals surface area contributed by atoms with Crippen molar-refractivity contribution >= 4 is 33.2 Å². The molecule has 5 heteroatoms. The number of carbonyl (C=O) groups is 1. The lowest BCUT2D eigenvalue weighted by Gasteiger charge is -2.13. The first kappa shape index (κ1) is 15.7. The molecule has 0 aliphatic rings. The van der Waals surface area contributed by atoms with Crippen molar-refractivity contribution in [2.45, 2.75) is 26.7 Å². The fourth-order valence-corrected chi connectivity index (χ4v) is 3.04. The van der Waals surface area contributed by atoms with Gasteiger partial charge in [-0.1, -0.05) is 32.0 Å². The summed E-state index contributed by atoms with van der Waals surface area (Å²) in [6.45, 7) is 6.08. The van der Waals surface area contributed by atoms with Gasteiger partial charge in [0, 0.05) is 16.4 Å². The summed E-state index contributed by atoms with van der Waals surface area (Å²) in [5.41, 5.74) is 3.99. The Balaban J connectivity index is 2.02. The Bertz CT molecular complexity index is 883. The number of fused-ring (bicyclic) bond motifs is 1. The molecule has 0 bridgehead atoms. The van der Waals surface area contributed by atoms with Crippen molar-refractivity contribution in [3.8, 4) is 0 Å². The molecule has 0 saturated carbocycles. The van der Waals surface area contributed by atoms with Gasteiger partial charge in [-0.25, -0.2) is 4.98 Å². The summed E-state index contributed by atoms with van der Waals surface area (Å²) in [7, 11) is 0. The fraction of sp³-hybridized carbons (Fsp3) is 0.222. The molecule has 0 atom stereocenters. The molecule has 2 aromatic heterocycles. The van der Waals surface area contributed by atoms with E-state index in [4.69, 9.17) is 0 Å². The first-order valence-electron chi connectivity index (χ1n) is 7.52. The third-order valence-electron chi connectivity index (χ3n) is 3.80. The number of pyridine rings is 1. The van der Waals surface area contributed by atoms with Crippen molar-refractivity contribution in [1.82, 2.24) is 9.38 Å². The number of aryl methyl sites for hydroxylation is 1. The van der Waals surface area contributed by atoms with E-state index in [9.17, 15) is 4.79 Å². The zero-order chi connectivity index (χ0) is 16.6. The van der Waals surface area contributed by atoms with E-state index in [2.05, 4.69) is 40.1 Å². The molecule has 0 saturated heterocycles. The van der Waals surface area contributed by atoms with Gasteiger partial charge in [0.2, 0.25) is 0 Å². The molecule has 23 heavy (non-hydrogen) atoms. The maximum atomic E-state index is 12.8. The summed E-state index contributed by atoms with van der Waals surface area (Å²) in [4.78, 5) is 17.3. The molecule has 0 radical (unpaired) electrons. The molecule has 1 aromatic carbocycles. The maximum absolute atomic E-state index is 12.8. The van der Waals surface area contributed by atoms with Crippen LogP contribution in [0.1, 0.15) is 41.5 Å². The van der Waals surface area contributed by atoms with Gasteiger partial charge in [0.1, 0.15) is 11.3 Å². The number of rotatable bonds is 3. The van der Waals surface area contributed by atoms with E-state index in [0.717, 1.165) is 21.4 Å². The highest BCUT2D eigenvalue weighted by Crippen LogP contribution is 2.25. The second-order valence-electron chi connectivity index (χ2n) is 5.82. The number of hydrogen-bond acceptors (Lipinski definition) is 2. The fourth-order valence-electron chi connectivity index (χ4n) is 2.71. The van der Waals surface area contributed by atoms with Crippen LogP contribution in [0.15, 0.2) is 47.1 Å². The molecule has 0 aliphatic heterocycles. The number of halogens is 1. The highest BCUT2D eigenvalue weighted by Gasteiger charge is 2.18. The zero-order valence-corrected chi connectivity index (χ0v) is 14.9. The van der Waals surface area contributed by atoms with Gasteiger partial charge in [0.15, 0.2) is 0 Å². The first-order valence-corrected chi connectivity index (χ1v) is 8.31. The minimum atomic E-state index is -0.152. The van der Waals surface area contributed by atoms with E-state index in [0.29, 0.717) is 17.3 Å². The second kappa shape index (κ2) is 6.16. The zero-order valence-electron chi connectivity index (χ0n) is 13.3. The van der Waals surface area contributed by atoms with Gasteiger partial charge in [-0.05, 0) is 52.5 Å². The number of imidazole rings is 1. The number of nitrogens with one attached hydrogen (secondary N) is 1. The van der Waals surface area contributed by atoms with Crippen LogP contribution >= 0.6 is 15.9 Å². The standard InChI is InChI=1S/C18H18BrN3O/c1-11(2)14-6-4-5-7-15(14)21-18(23)17-12(3)20-16-9-8-13(19)10-22(16)17/h4-11H,1-3H3,(H,21,23). The number of nitrogens with zero attached hydrogens (tertiary/aromatic N) is 2. The lowest BCUT2D eigenvalue weighted by atomic mass is 10.0. The van der Waals surface area contributed by atoms with Crippen LogP contribution < -0.4 is 5.32 Å². The molecule has 4 nitrogen and oxygen atoms in total. The summed E-state index contributed by atoms with van der Waals surface area (Å²) in [5, 5.41) is 3.03. The average molecular weight is 372 g/mol. The Hall–Kier alpha value is -2.14. The van der Waals surface area contributed by atoms with Crippen molar-refractivity contribution in [2.75, 3.05) is 5.32 Å². The topological polar surface area (TPSA) is 46.4 Å². The molecule has 1 N–H and O–H groups in total. The largest absolute Gasteiger partial charge is 0.320 e. The number of para-hydroxylation sites is 1. The maximum Gasteiger partial charge on any atom is 0.274 e. The summed E-state index contributed by atoms with van der Waals surface area (Å²) in [5.74, 6) is 0.185. The predicted molar refractivity (Wildman–Crippen MR) is 96.1 cm³/mol. The number of carbonyl (C=O) groups excluding carboxylic acids is 1. The molecule has 3 rings (SSSR count). The SMILES string of the molecule is Cc1nc2ccc(Br)cn2c1C(=O)Nc1ccccc1C(C)C. The summed E-state index contributed by atoms with van der Waals surface area (Å²) < 4.78 is 2.71. The van der Waals surface area contributed by atoms with Gasteiger partial charge in [-0.3, -0.25) is 9.20 Å². The minimum Gasteiger partial charge on any atom is -0.320 e. The monoisotopic (exact) mass is 371 g/mol. The van der Waals surface area contributed by atoms with Gasteiger partial charge >= 0.3 is 0 Å². The van der Waals surface area contributed by atoms with Crippen LogP contribution in [0.4, 0.5) is 5.69 Å². The average Bonchev–Trinajstić information content (AvgIpc) is 2.82. The molecule has 3 aromatic rings. The van der Waals surface area contributed by atoms with Gasteiger partial charge in [0.25, 0.3) is 5.91 Å². The van der Waals surface area contributed by atoms with Crippen molar-refractivity contribution in [3.63, 3.8) is 0 Å². The van der Waals surface area contributed by atoms with Gasteiger partial charge < -0.3 is 5.32 Å². The second-order valence-corrected chi connectivity index (χ2v) is 6.73. The summed E-state index contributed by atoms with van der Waals surface area (Å²) in [6, 6.07) is 11.7. The van der Waals surface area contributed by atoms with Crippen molar-refractivity contribution in [3.05, 3.63) is 64.0 Å². The molecule has 0 aliphatic carbocycles. The predicted octanol–water partition coefficient (Wildman–Crippen LogP) is 4.78. The highest BCUT2D eigenvalue weighted by atomic mass is 79.9. The van der Waals surface area contributed by atoms with E-state index >= 15 is 0 Å². The smallest absolute Gasteiger partial charge is 0.274 e. The Morgan fingerprint density at radius 3 is 2.70 bits per heavy atom. The van der Waals surface area contributed by atoms with Crippen LogP contribution in [0.25, 0.3) is 5.65 Å². The number of hydrogen-bond donors (Lipinski definition) is 1. The molecular weight excluding hydrogens is 354 g/mol. The number of amides is 1. The van der Waals surface area contributed by atoms with E-state index in [1.165, 1.54) is 0 Å². The van der Waals surface area contributed by atoms with Gasteiger partial charge in [-0.15, -0.1) is 0 Å². The number of benzene rings is 1. The van der Waals surface area contributed by atoms with Crippen molar-refractivity contribution < 1.29 is 4.79 Å². The first-order chi connectivity index (χ1) is 11.0. The number of anilines is 1. The molecule has 1 amide bonds. The van der Waals surface area contributed by atoms with Crippen molar-refractivity contribution in [2.24, 2.45) is 0 Å². The van der Waals surface area contributed by atoms with E-state index in [-0.39, 0.29) is 5.91 Å². The van der Waals surface area contributed by atoms with E-state index < -0.39 is 0 Å². The van der Waals surface area contributed by atoms with E-state index in [1.807, 2.05) is 53.9 Å². The molecule has 0 fully saturated rings. The summed E-state index contributed by atoms with van der Waals surface area (Å²) in [6.07, 6.45) is 1.86. The Kier molecular flexibility index (Phi) is 4.22. The minimum absolute atomic E-state index is 0.152. The van der Waals surface area contributed by atoms with Crippen LogP contribution in [0.5, 0.6) is 0 Å². The Morgan fingerprint density at radius 2 is 1.96 bits per heavy atom. The molecule has 0 spiro atoms. The van der Waals surface area contributed by atoms with Gasteiger partial charge in [-0.2, -0.15) is 0 Å². The summed E-state index contributed by atoms with van der Waals surface area (Å²) >= 11 is 3.44.